The third-order valence-electron chi connectivity index (χ3n) is 1.10. The van der Waals surface area contributed by atoms with Gasteiger partial charge in [-0.2, -0.15) is 0 Å². The number of hydrogen-bond acceptors (Lipinski definition) is 1. The molecule has 0 heterocycles. The van der Waals surface area contributed by atoms with Crippen molar-refractivity contribution in [2.24, 2.45) is 0 Å². The lowest BCUT2D eigenvalue weighted by Gasteiger charge is -2.02. The number of hydrogen-bond donors (Lipinski definition) is 0. The highest BCUT2D eigenvalue weighted by Gasteiger charge is 1.87. The quantitative estimate of drug-likeness (QED) is 0.428. The van der Waals surface area contributed by atoms with Gasteiger partial charge in [-0.1, -0.05) is 6.92 Å². The van der Waals surface area contributed by atoms with Gasteiger partial charge in [-0.3, -0.25) is 4.39 Å². The smallest absolute Gasteiger partial charge is 0.0926 e. The maximum atomic E-state index is 11.5. The summed E-state index contributed by atoms with van der Waals surface area (Å²) in [5.41, 5.74) is 0. The molecule has 0 unspecified atom stereocenters. The molecule has 0 spiro atoms. The van der Waals surface area contributed by atoms with E-state index in [0.29, 0.717) is 13.0 Å². The topological polar surface area (TPSA) is 9.23 Å². The average Bonchev–Trinajstić information content (AvgIpc) is 1.89. The van der Waals surface area contributed by atoms with Crippen LogP contribution in [-0.2, 0) is 4.74 Å². The Morgan fingerprint density at radius 3 is 2.80 bits per heavy atom. The molecule has 0 saturated carbocycles. The molecule has 0 saturated heterocycles. The molecule has 0 fully saturated rings. The first-order chi connectivity index (χ1) is 4.81. The second-order valence-corrected chi connectivity index (χ2v) is 2.11. The van der Waals surface area contributed by atoms with Crippen molar-refractivity contribution in [2.75, 3.05) is 13.3 Å². The summed E-state index contributed by atoms with van der Waals surface area (Å²) >= 11 is 0. The number of ether oxygens (including phenoxy) is 1. The Bertz CT molecular complexity index is 99.4. The lowest BCUT2D eigenvalue weighted by Crippen LogP contribution is -1.92. The van der Waals surface area contributed by atoms with E-state index in [9.17, 15) is 4.39 Å². The van der Waals surface area contributed by atoms with Crippen molar-refractivity contribution in [3.8, 4) is 0 Å². The maximum Gasteiger partial charge on any atom is 0.0926 e. The van der Waals surface area contributed by atoms with Gasteiger partial charge in [-0.05, 0) is 19.4 Å². The molecule has 0 aliphatic rings. The van der Waals surface area contributed by atoms with Crippen LogP contribution < -0.4 is 0 Å². The minimum Gasteiger partial charge on any atom is -0.498 e. The third kappa shape index (κ3) is 5.60. The van der Waals surface area contributed by atoms with E-state index >= 15 is 0 Å². The minimum atomic E-state index is -0.292. The lowest BCUT2D eigenvalue weighted by atomic mass is 10.4. The number of allylic oxidation sites excluding steroid dienone is 2. The van der Waals surface area contributed by atoms with Crippen LogP contribution in [0.3, 0.4) is 0 Å². The van der Waals surface area contributed by atoms with Gasteiger partial charge in [0.05, 0.1) is 19.0 Å². The maximum absolute atomic E-state index is 11.5. The Morgan fingerprint density at radius 1 is 1.60 bits per heavy atom. The lowest BCUT2D eigenvalue weighted by molar-refractivity contribution is 0.199. The minimum absolute atomic E-state index is 0.292. The molecule has 0 bridgehead atoms. The average molecular weight is 146 g/mol. The van der Waals surface area contributed by atoms with Gasteiger partial charge in [-0.15, -0.1) is 0 Å². The molecule has 10 heavy (non-hydrogen) atoms. The molecule has 0 aromatic rings. The van der Waals surface area contributed by atoms with Gasteiger partial charge in [0, 0.05) is 6.42 Å². The molecular weight excluding hydrogens is 131 g/mol. The summed E-state index contributed by atoms with van der Waals surface area (Å²) in [5.74, 6) is 0.899. The van der Waals surface area contributed by atoms with E-state index < -0.39 is 0 Å². The molecule has 0 aliphatic carbocycles. The third-order valence-corrected chi connectivity index (χ3v) is 1.10. The standard InChI is InChI=1S/C8H15FO/c1-3-5-8(2)10-7-4-6-9/h5H,3-4,6-7H2,1-2H3/b8-5+. The summed E-state index contributed by atoms with van der Waals surface area (Å²) in [6.45, 7) is 4.14. The predicted molar refractivity (Wildman–Crippen MR) is 40.6 cm³/mol. The Labute approximate surface area is 61.9 Å². The van der Waals surface area contributed by atoms with Crippen LogP contribution in [0.4, 0.5) is 4.39 Å². The Kier molecular flexibility index (Phi) is 6.24. The largest absolute Gasteiger partial charge is 0.498 e. The molecule has 0 rings (SSSR count). The molecule has 0 amide bonds. The first kappa shape index (κ1) is 9.47. The molecule has 60 valence electrons. The second kappa shape index (κ2) is 6.59. The zero-order chi connectivity index (χ0) is 7.82. The van der Waals surface area contributed by atoms with E-state index in [1.165, 1.54) is 0 Å². The Morgan fingerprint density at radius 2 is 2.30 bits per heavy atom. The van der Waals surface area contributed by atoms with Crippen LogP contribution in [0.1, 0.15) is 26.7 Å². The van der Waals surface area contributed by atoms with Gasteiger partial charge < -0.3 is 4.74 Å². The van der Waals surface area contributed by atoms with Gasteiger partial charge >= 0.3 is 0 Å². The fourth-order valence-electron chi connectivity index (χ4n) is 0.634. The summed E-state index contributed by atoms with van der Waals surface area (Å²) < 4.78 is 16.7. The van der Waals surface area contributed by atoms with Crippen LogP contribution in [0.15, 0.2) is 11.8 Å². The van der Waals surface area contributed by atoms with Crippen LogP contribution in [0.2, 0.25) is 0 Å². The zero-order valence-corrected chi connectivity index (χ0v) is 6.69. The van der Waals surface area contributed by atoms with Crippen molar-refractivity contribution in [2.45, 2.75) is 26.7 Å². The van der Waals surface area contributed by atoms with Gasteiger partial charge in [0.15, 0.2) is 0 Å². The Hall–Kier alpha value is -0.530. The van der Waals surface area contributed by atoms with Crippen LogP contribution in [0.5, 0.6) is 0 Å². The Balaban J connectivity index is 3.21. The molecule has 0 N–H and O–H groups in total. The number of halogens is 1. The van der Waals surface area contributed by atoms with E-state index in [1.807, 2.05) is 19.9 Å². The zero-order valence-electron chi connectivity index (χ0n) is 6.69. The van der Waals surface area contributed by atoms with Crippen molar-refractivity contribution in [3.05, 3.63) is 11.8 Å². The summed E-state index contributed by atoms with van der Waals surface area (Å²) in [7, 11) is 0. The normalized spacial score (nSPS) is 11.7. The molecule has 0 radical (unpaired) electrons. The van der Waals surface area contributed by atoms with Gasteiger partial charge in [0.2, 0.25) is 0 Å². The molecule has 0 aromatic carbocycles. The summed E-state index contributed by atoms with van der Waals surface area (Å²) in [6, 6.07) is 0. The molecule has 0 aliphatic heterocycles. The summed E-state index contributed by atoms with van der Waals surface area (Å²) in [5, 5.41) is 0. The van der Waals surface area contributed by atoms with E-state index in [-0.39, 0.29) is 6.67 Å². The molecule has 2 heteroatoms. The van der Waals surface area contributed by atoms with Crippen LogP contribution in [-0.4, -0.2) is 13.3 Å². The monoisotopic (exact) mass is 146 g/mol. The van der Waals surface area contributed by atoms with Gasteiger partial charge in [-0.25, -0.2) is 0 Å². The molecule has 1 nitrogen and oxygen atoms in total. The first-order valence-corrected chi connectivity index (χ1v) is 3.66. The highest BCUT2D eigenvalue weighted by atomic mass is 19.1. The molecular formula is C8H15FO. The van der Waals surface area contributed by atoms with Crippen LogP contribution >= 0.6 is 0 Å². The van der Waals surface area contributed by atoms with Crippen LogP contribution in [0.25, 0.3) is 0 Å². The van der Waals surface area contributed by atoms with Crippen molar-refractivity contribution in [1.82, 2.24) is 0 Å². The summed E-state index contributed by atoms with van der Waals surface area (Å²) in [4.78, 5) is 0. The number of rotatable bonds is 5. The van der Waals surface area contributed by atoms with E-state index in [1.54, 1.807) is 0 Å². The number of alkyl halides is 1. The van der Waals surface area contributed by atoms with Gasteiger partial charge in [0.1, 0.15) is 0 Å². The van der Waals surface area contributed by atoms with Crippen LogP contribution in [0, 0.1) is 0 Å². The van der Waals surface area contributed by atoms with E-state index in [2.05, 4.69) is 0 Å². The second-order valence-electron chi connectivity index (χ2n) is 2.11. The van der Waals surface area contributed by atoms with Gasteiger partial charge in [0.25, 0.3) is 0 Å². The van der Waals surface area contributed by atoms with Crippen molar-refractivity contribution >= 4 is 0 Å². The molecule has 0 atom stereocenters. The SMILES string of the molecule is CC/C=C(\C)OCCCF. The highest BCUT2D eigenvalue weighted by Crippen LogP contribution is 1.97. The van der Waals surface area contributed by atoms with Crippen molar-refractivity contribution in [3.63, 3.8) is 0 Å². The molecule has 0 aromatic heterocycles. The van der Waals surface area contributed by atoms with E-state index in [4.69, 9.17) is 4.74 Å². The van der Waals surface area contributed by atoms with Crippen molar-refractivity contribution < 1.29 is 9.13 Å². The predicted octanol–water partition coefficient (Wildman–Crippen LogP) is 2.68. The van der Waals surface area contributed by atoms with E-state index in [0.717, 1.165) is 12.2 Å². The highest BCUT2D eigenvalue weighted by molar-refractivity contribution is 4.86. The first-order valence-electron chi connectivity index (χ1n) is 3.66. The summed E-state index contributed by atoms with van der Waals surface area (Å²) in [6.07, 6.45) is 3.45. The fourth-order valence-corrected chi connectivity index (χ4v) is 0.634. The fraction of sp³-hybridized carbons (Fsp3) is 0.750. The van der Waals surface area contributed by atoms with Crippen molar-refractivity contribution in [1.29, 1.82) is 0 Å².